The molecule has 0 radical (unpaired) electrons. The molecule has 22 heavy (non-hydrogen) atoms. The third kappa shape index (κ3) is 3.03. The maximum Gasteiger partial charge on any atom is 0.243 e. The van der Waals surface area contributed by atoms with Gasteiger partial charge in [0.05, 0.1) is 4.90 Å². The first-order valence-corrected chi connectivity index (χ1v) is 9.50. The van der Waals surface area contributed by atoms with Gasteiger partial charge in [0.25, 0.3) is 0 Å². The Morgan fingerprint density at radius 2 is 1.55 bits per heavy atom. The minimum Gasteiger partial charge on any atom is -0.207 e. The van der Waals surface area contributed by atoms with Crippen molar-refractivity contribution in [1.29, 1.82) is 0 Å². The predicted octanol–water partition coefficient (Wildman–Crippen LogP) is 4.18. The number of rotatable bonds is 3. The Morgan fingerprint density at radius 1 is 0.909 bits per heavy atom. The molecule has 0 spiro atoms. The largest absolute Gasteiger partial charge is 0.243 e. The van der Waals surface area contributed by atoms with Crippen molar-refractivity contribution in [2.24, 2.45) is 0 Å². The van der Waals surface area contributed by atoms with Crippen molar-refractivity contribution < 1.29 is 8.42 Å². The van der Waals surface area contributed by atoms with Crippen LogP contribution in [-0.2, 0) is 10.0 Å². The van der Waals surface area contributed by atoms with E-state index in [-0.39, 0.29) is 6.04 Å². The van der Waals surface area contributed by atoms with Crippen LogP contribution in [0.3, 0.4) is 0 Å². The molecule has 118 valence electrons. The molecule has 2 aromatic carbocycles. The lowest BCUT2D eigenvalue weighted by atomic mass is 10.1. The average molecular weight is 317 g/mol. The van der Waals surface area contributed by atoms with E-state index < -0.39 is 10.0 Å². The summed E-state index contributed by atoms with van der Waals surface area (Å²) in [7, 11) is -1.68. The van der Waals surface area contributed by atoms with Crippen LogP contribution in [0.5, 0.6) is 0 Å². The van der Waals surface area contributed by atoms with Crippen LogP contribution in [0.4, 0.5) is 0 Å². The second-order valence-electron chi connectivity index (χ2n) is 6.18. The Labute approximate surface area is 133 Å². The van der Waals surface area contributed by atoms with Gasteiger partial charge in [-0.1, -0.05) is 56.0 Å². The van der Waals surface area contributed by atoms with E-state index in [9.17, 15) is 8.42 Å². The SMILES string of the molecule is CN(C1CCCCCC1)S(=O)(=O)c1ccc2ccccc2c1. The molecule has 2 aromatic rings. The molecule has 0 unspecified atom stereocenters. The van der Waals surface area contributed by atoms with Gasteiger partial charge in [-0.05, 0) is 35.7 Å². The van der Waals surface area contributed by atoms with Crippen LogP contribution in [0.1, 0.15) is 38.5 Å². The van der Waals surface area contributed by atoms with E-state index >= 15 is 0 Å². The van der Waals surface area contributed by atoms with Crippen molar-refractivity contribution in [2.75, 3.05) is 7.05 Å². The van der Waals surface area contributed by atoms with Crippen molar-refractivity contribution in [3.63, 3.8) is 0 Å². The third-order valence-electron chi connectivity index (χ3n) is 4.74. The van der Waals surface area contributed by atoms with Gasteiger partial charge in [0.2, 0.25) is 10.0 Å². The molecule has 0 amide bonds. The van der Waals surface area contributed by atoms with E-state index in [1.807, 2.05) is 30.3 Å². The second-order valence-corrected chi connectivity index (χ2v) is 8.17. The van der Waals surface area contributed by atoms with E-state index in [4.69, 9.17) is 0 Å². The molecule has 0 heterocycles. The lowest BCUT2D eigenvalue weighted by Gasteiger charge is -2.26. The van der Waals surface area contributed by atoms with Crippen LogP contribution < -0.4 is 0 Å². The normalized spacial score (nSPS) is 17.7. The van der Waals surface area contributed by atoms with Crippen molar-refractivity contribution in [1.82, 2.24) is 4.31 Å². The second kappa shape index (κ2) is 6.39. The van der Waals surface area contributed by atoms with E-state index in [0.29, 0.717) is 4.90 Å². The quantitative estimate of drug-likeness (QED) is 0.796. The monoisotopic (exact) mass is 317 g/mol. The summed E-state index contributed by atoms with van der Waals surface area (Å²) in [6.07, 6.45) is 6.65. The van der Waals surface area contributed by atoms with Gasteiger partial charge < -0.3 is 0 Å². The Morgan fingerprint density at radius 3 is 2.23 bits per heavy atom. The van der Waals surface area contributed by atoms with E-state index in [1.165, 1.54) is 12.8 Å². The van der Waals surface area contributed by atoms with Crippen molar-refractivity contribution >= 4 is 20.8 Å². The molecule has 0 N–H and O–H groups in total. The van der Waals surface area contributed by atoms with Gasteiger partial charge >= 0.3 is 0 Å². The first kappa shape index (κ1) is 15.5. The van der Waals surface area contributed by atoms with Gasteiger partial charge in [-0.2, -0.15) is 4.31 Å². The van der Waals surface area contributed by atoms with E-state index in [1.54, 1.807) is 23.5 Å². The smallest absolute Gasteiger partial charge is 0.207 e. The highest BCUT2D eigenvalue weighted by Crippen LogP contribution is 2.27. The summed E-state index contributed by atoms with van der Waals surface area (Å²) in [5.74, 6) is 0. The van der Waals surface area contributed by atoms with Crippen LogP contribution >= 0.6 is 0 Å². The average Bonchev–Trinajstić information content (AvgIpc) is 2.82. The molecule has 0 aliphatic heterocycles. The number of benzene rings is 2. The summed E-state index contributed by atoms with van der Waals surface area (Å²) in [5.41, 5.74) is 0. The van der Waals surface area contributed by atoms with Crippen molar-refractivity contribution in [3.05, 3.63) is 42.5 Å². The molecule has 0 bridgehead atoms. The highest BCUT2D eigenvalue weighted by Gasteiger charge is 2.28. The molecule has 1 fully saturated rings. The minimum absolute atomic E-state index is 0.138. The van der Waals surface area contributed by atoms with Gasteiger partial charge in [-0.3, -0.25) is 0 Å². The highest BCUT2D eigenvalue weighted by molar-refractivity contribution is 7.89. The van der Waals surface area contributed by atoms with Crippen LogP contribution in [-0.4, -0.2) is 25.8 Å². The molecular formula is C18H23NO2S. The van der Waals surface area contributed by atoms with E-state index in [0.717, 1.165) is 36.5 Å². The predicted molar refractivity (Wildman–Crippen MR) is 90.4 cm³/mol. The number of fused-ring (bicyclic) bond motifs is 1. The van der Waals surface area contributed by atoms with Crippen LogP contribution in [0.25, 0.3) is 10.8 Å². The third-order valence-corrected chi connectivity index (χ3v) is 6.64. The van der Waals surface area contributed by atoms with Crippen LogP contribution in [0.15, 0.2) is 47.4 Å². The summed E-state index contributed by atoms with van der Waals surface area (Å²) < 4.78 is 27.4. The molecule has 4 heteroatoms. The Bertz CT molecular complexity index is 747. The summed E-state index contributed by atoms with van der Waals surface area (Å²) in [6, 6.07) is 13.4. The zero-order valence-corrected chi connectivity index (χ0v) is 13.8. The van der Waals surface area contributed by atoms with Gasteiger partial charge in [-0.25, -0.2) is 8.42 Å². The molecule has 1 aliphatic rings. The topological polar surface area (TPSA) is 37.4 Å². The fourth-order valence-corrected chi connectivity index (χ4v) is 4.76. The number of hydrogen-bond acceptors (Lipinski definition) is 2. The summed E-state index contributed by atoms with van der Waals surface area (Å²) in [6.45, 7) is 0. The first-order valence-electron chi connectivity index (χ1n) is 8.06. The zero-order chi connectivity index (χ0) is 15.6. The molecule has 3 nitrogen and oxygen atoms in total. The fourth-order valence-electron chi connectivity index (χ4n) is 3.31. The van der Waals surface area contributed by atoms with Gasteiger partial charge in [0.1, 0.15) is 0 Å². The number of nitrogens with zero attached hydrogens (tertiary/aromatic N) is 1. The standard InChI is InChI=1S/C18H23NO2S/c1-19(17-10-4-2-3-5-11-17)22(20,21)18-13-12-15-8-6-7-9-16(15)14-18/h6-9,12-14,17H,2-5,10-11H2,1H3. The fraction of sp³-hybridized carbons (Fsp3) is 0.444. The summed E-state index contributed by atoms with van der Waals surface area (Å²) >= 11 is 0. The van der Waals surface area contributed by atoms with Crippen LogP contribution in [0, 0.1) is 0 Å². The molecule has 0 aromatic heterocycles. The molecular weight excluding hydrogens is 294 g/mol. The Hall–Kier alpha value is -1.39. The molecule has 0 atom stereocenters. The number of hydrogen-bond donors (Lipinski definition) is 0. The van der Waals surface area contributed by atoms with Gasteiger partial charge in [0, 0.05) is 13.1 Å². The minimum atomic E-state index is -3.41. The highest BCUT2D eigenvalue weighted by atomic mass is 32.2. The van der Waals surface area contributed by atoms with Gasteiger partial charge in [0.15, 0.2) is 0 Å². The Kier molecular flexibility index (Phi) is 4.50. The van der Waals surface area contributed by atoms with Gasteiger partial charge in [-0.15, -0.1) is 0 Å². The molecule has 0 saturated heterocycles. The lowest BCUT2D eigenvalue weighted by Crippen LogP contribution is -2.36. The summed E-state index contributed by atoms with van der Waals surface area (Å²) in [5, 5.41) is 2.04. The molecule has 1 aliphatic carbocycles. The summed E-state index contributed by atoms with van der Waals surface area (Å²) in [4.78, 5) is 0.401. The maximum atomic E-state index is 12.9. The first-order chi connectivity index (χ1) is 10.6. The van der Waals surface area contributed by atoms with E-state index in [2.05, 4.69) is 0 Å². The zero-order valence-electron chi connectivity index (χ0n) is 13.0. The van der Waals surface area contributed by atoms with Crippen molar-refractivity contribution in [3.8, 4) is 0 Å². The van der Waals surface area contributed by atoms with Crippen LogP contribution in [0.2, 0.25) is 0 Å². The number of sulfonamides is 1. The van der Waals surface area contributed by atoms with Crippen molar-refractivity contribution in [2.45, 2.75) is 49.5 Å². The lowest BCUT2D eigenvalue weighted by molar-refractivity contribution is 0.336. The Balaban J connectivity index is 1.92. The maximum absolute atomic E-state index is 12.9. The molecule has 1 saturated carbocycles. The molecule has 3 rings (SSSR count).